The summed E-state index contributed by atoms with van der Waals surface area (Å²) in [6.07, 6.45) is -0.0322. The van der Waals surface area contributed by atoms with Crippen LogP contribution in [-0.2, 0) is 9.53 Å². The third kappa shape index (κ3) is 7.05. The molecule has 0 bridgehead atoms. The van der Waals surface area contributed by atoms with Crippen molar-refractivity contribution in [2.45, 2.75) is 13.3 Å². The van der Waals surface area contributed by atoms with E-state index < -0.39 is 5.97 Å². The van der Waals surface area contributed by atoms with Crippen molar-refractivity contribution in [3.05, 3.63) is 29.8 Å². The topological polar surface area (TPSA) is 87.7 Å². The molecule has 0 fully saturated rings. The molecule has 6 nitrogen and oxygen atoms in total. The molecule has 3 N–H and O–H groups in total. The lowest BCUT2D eigenvalue weighted by Gasteiger charge is -2.08. The predicted octanol–water partition coefficient (Wildman–Crippen LogP) is 1.61. The number of carbonyl (C=O) groups excluding carboxylic acids is 1. The SMILES string of the molecule is Cc1ccc(NC(=O)NCCOCCC(=O)O)cc1. The summed E-state index contributed by atoms with van der Waals surface area (Å²) in [5.41, 5.74) is 1.84. The number of carboxylic acids is 1. The summed E-state index contributed by atoms with van der Waals surface area (Å²) in [5, 5.41) is 13.7. The first-order valence-corrected chi connectivity index (χ1v) is 5.99. The molecule has 104 valence electrons. The Bertz CT molecular complexity index is 417. The van der Waals surface area contributed by atoms with Crippen molar-refractivity contribution >= 4 is 17.7 Å². The lowest BCUT2D eigenvalue weighted by Crippen LogP contribution is -2.31. The minimum atomic E-state index is -0.898. The quantitative estimate of drug-likeness (QED) is 0.654. The smallest absolute Gasteiger partial charge is 0.319 e. The van der Waals surface area contributed by atoms with E-state index >= 15 is 0 Å². The third-order valence-corrected chi connectivity index (χ3v) is 2.30. The number of carbonyl (C=O) groups is 2. The molecule has 0 aliphatic carbocycles. The van der Waals surface area contributed by atoms with Crippen LogP contribution in [0.3, 0.4) is 0 Å². The maximum atomic E-state index is 11.5. The second-order valence-corrected chi connectivity index (χ2v) is 4.00. The number of aryl methyl sites for hydroxylation is 1. The lowest BCUT2D eigenvalue weighted by molar-refractivity contribution is -0.138. The van der Waals surface area contributed by atoms with E-state index in [0.29, 0.717) is 6.54 Å². The van der Waals surface area contributed by atoms with E-state index in [2.05, 4.69) is 10.6 Å². The van der Waals surface area contributed by atoms with Crippen LogP contribution in [-0.4, -0.2) is 36.9 Å². The first-order valence-electron chi connectivity index (χ1n) is 5.99. The van der Waals surface area contributed by atoms with Crippen molar-refractivity contribution in [1.29, 1.82) is 0 Å². The van der Waals surface area contributed by atoms with Gasteiger partial charge in [-0.3, -0.25) is 4.79 Å². The van der Waals surface area contributed by atoms with E-state index in [9.17, 15) is 9.59 Å². The van der Waals surface area contributed by atoms with Crippen LogP contribution in [0.5, 0.6) is 0 Å². The molecule has 1 aromatic carbocycles. The molecule has 0 radical (unpaired) electrons. The molecule has 6 heteroatoms. The maximum absolute atomic E-state index is 11.5. The third-order valence-electron chi connectivity index (χ3n) is 2.30. The minimum absolute atomic E-state index is 0.0322. The van der Waals surface area contributed by atoms with Crippen molar-refractivity contribution in [2.75, 3.05) is 25.1 Å². The molecule has 1 rings (SSSR count). The van der Waals surface area contributed by atoms with Crippen molar-refractivity contribution in [3.63, 3.8) is 0 Å². The summed E-state index contributed by atoms with van der Waals surface area (Å²) in [5.74, 6) is -0.898. The summed E-state index contributed by atoms with van der Waals surface area (Å²) in [4.78, 5) is 21.7. The van der Waals surface area contributed by atoms with Crippen LogP contribution < -0.4 is 10.6 Å². The molecule has 1 aromatic rings. The zero-order valence-electron chi connectivity index (χ0n) is 10.8. The molecule has 2 amide bonds. The number of hydrogen-bond acceptors (Lipinski definition) is 3. The number of rotatable bonds is 7. The molecular formula is C13H18N2O4. The van der Waals surface area contributed by atoms with Crippen LogP contribution in [0.4, 0.5) is 10.5 Å². The summed E-state index contributed by atoms with van der Waals surface area (Å²) in [6.45, 7) is 2.74. The number of benzene rings is 1. The summed E-state index contributed by atoms with van der Waals surface area (Å²) >= 11 is 0. The average molecular weight is 266 g/mol. The van der Waals surface area contributed by atoms with Crippen LogP contribution in [0.1, 0.15) is 12.0 Å². The van der Waals surface area contributed by atoms with Crippen LogP contribution in [0.15, 0.2) is 24.3 Å². The first kappa shape index (κ1) is 15.0. The fourth-order valence-electron chi connectivity index (χ4n) is 1.31. The second-order valence-electron chi connectivity index (χ2n) is 4.00. The number of anilines is 1. The van der Waals surface area contributed by atoms with Gasteiger partial charge in [-0.05, 0) is 19.1 Å². The largest absolute Gasteiger partial charge is 0.481 e. The van der Waals surface area contributed by atoms with Crippen LogP contribution in [0, 0.1) is 6.92 Å². The molecule has 0 unspecified atom stereocenters. The number of hydrogen-bond donors (Lipinski definition) is 3. The van der Waals surface area contributed by atoms with Gasteiger partial charge in [0.15, 0.2) is 0 Å². The van der Waals surface area contributed by atoms with Gasteiger partial charge in [-0.1, -0.05) is 17.7 Å². The van der Waals surface area contributed by atoms with Crippen LogP contribution in [0.2, 0.25) is 0 Å². The van der Waals surface area contributed by atoms with Crippen molar-refractivity contribution in [1.82, 2.24) is 5.32 Å². The Morgan fingerprint density at radius 2 is 1.89 bits per heavy atom. The highest BCUT2D eigenvalue weighted by Crippen LogP contribution is 2.07. The van der Waals surface area contributed by atoms with Gasteiger partial charge >= 0.3 is 12.0 Å². The molecule has 0 atom stereocenters. The van der Waals surface area contributed by atoms with E-state index in [4.69, 9.17) is 9.84 Å². The standard InChI is InChI=1S/C13H18N2O4/c1-10-2-4-11(5-3-10)15-13(18)14-7-9-19-8-6-12(16)17/h2-5H,6-9H2,1H3,(H,16,17)(H2,14,15,18). The Hall–Kier alpha value is -2.08. The lowest BCUT2D eigenvalue weighted by atomic mass is 10.2. The molecule has 0 spiro atoms. The Kier molecular flexibility index (Phi) is 6.38. The van der Waals surface area contributed by atoms with E-state index in [-0.39, 0.29) is 25.7 Å². The number of ether oxygens (including phenoxy) is 1. The van der Waals surface area contributed by atoms with Crippen molar-refractivity contribution < 1.29 is 19.4 Å². The van der Waals surface area contributed by atoms with Gasteiger partial charge in [-0.25, -0.2) is 4.79 Å². The number of aliphatic carboxylic acids is 1. The van der Waals surface area contributed by atoms with Gasteiger partial charge in [-0.15, -0.1) is 0 Å². The van der Waals surface area contributed by atoms with Gasteiger partial charge in [0.25, 0.3) is 0 Å². The van der Waals surface area contributed by atoms with Crippen LogP contribution in [0.25, 0.3) is 0 Å². The van der Waals surface area contributed by atoms with E-state index in [1.807, 2.05) is 31.2 Å². The second kappa shape index (κ2) is 8.10. The summed E-state index contributed by atoms with van der Waals surface area (Å²) < 4.78 is 5.04. The highest BCUT2D eigenvalue weighted by Gasteiger charge is 2.01. The molecule has 0 saturated carbocycles. The zero-order valence-corrected chi connectivity index (χ0v) is 10.8. The van der Waals surface area contributed by atoms with Gasteiger partial charge in [0.1, 0.15) is 0 Å². The molecule has 0 heterocycles. The first-order chi connectivity index (χ1) is 9.08. The Labute approximate surface area is 111 Å². The molecule has 0 aliphatic heterocycles. The van der Waals surface area contributed by atoms with Gasteiger partial charge in [0.05, 0.1) is 19.6 Å². The number of nitrogens with one attached hydrogen (secondary N) is 2. The van der Waals surface area contributed by atoms with Gasteiger partial charge in [0.2, 0.25) is 0 Å². The molecular weight excluding hydrogens is 248 g/mol. The zero-order chi connectivity index (χ0) is 14.1. The van der Waals surface area contributed by atoms with Gasteiger partial charge in [-0.2, -0.15) is 0 Å². The molecule has 19 heavy (non-hydrogen) atoms. The van der Waals surface area contributed by atoms with E-state index in [1.165, 1.54) is 0 Å². The predicted molar refractivity (Wildman–Crippen MR) is 71.3 cm³/mol. The summed E-state index contributed by atoms with van der Waals surface area (Å²) in [7, 11) is 0. The number of amides is 2. The van der Waals surface area contributed by atoms with Crippen molar-refractivity contribution in [2.24, 2.45) is 0 Å². The number of urea groups is 1. The van der Waals surface area contributed by atoms with Crippen molar-refractivity contribution in [3.8, 4) is 0 Å². The average Bonchev–Trinajstić information content (AvgIpc) is 2.36. The molecule has 0 saturated heterocycles. The fourth-order valence-corrected chi connectivity index (χ4v) is 1.31. The molecule has 0 aromatic heterocycles. The Morgan fingerprint density at radius 3 is 2.53 bits per heavy atom. The molecule has 0 aliphatic rings. The van der Waals surface area contributed by atoms with Gasteiger partial charge in [0, 0.05) is 12.2 Å². The monoisotopic (exact) mass is 266 g/mol. The van der Waals surface area contributed by atoms with Gasteiger partial charge < -0.3 is 20.5 Å². The Balaban J connectivity index is 2.11. The number of carboxylic acid groups (broad SMARTS) is 1. The summed E-state index contributed by atoms with van der Waals surface area (Å²) in [6, 6.07) is 7.14. The Morgan fingerprint density at radius 1 is 1.21 bits per heavy atom. The minimum Gasteiger partial charge on any atom is -0.481 e. The van der Waals surface area contributed by atoms with Crippen LogP contribution >= 0.6 is 0 Å². The fraction of sp³-hybridized carbons (Fsp3) is 0.385. The highest BCUT2D eigenvalue weighted by atomic mass is 16.5. The highest BCUT2D eigenvalue weighted by molar-refractivity contribution is 5.89. The van der Waals surface area contributed by atoms with E-state index in [1.54, 1.807) is 0 Å². The van der Waals surface area contributed by atoms with E-state index in [0.717, 1.165) is 11.3 Å². The maximum Gasteiger partial charge on any atom is 0.319 e. The normalized spacial score (nSPS) is 9.95.